The quantitative estimate of drug-likeness (QED) is 0.755. The van der Waals surface area contributed by atoms with Gasteiger partial charge < -0.3 is 5.11 Å². The molecule has 1 rings (SSSR count). The first kappa shape index (κ1) is 11.7. The van der Waals surface area contributed by atoms with Gasteiger partial charge in [-0.2, -0.15) is 0 Å². The Hall–Kier alpha value is -1.37. The first-order chi connectivity index (χ1) is 7.15. The predicted molar refractivity (Wildman–Crippen MR) is 57.7 cm³/mol. The average molecular weight is 207 g/mol. The van der Waals surface area contributed by atoms with Crippen molar-refractivity contribution >= 4 is 0 Å². The minimum Gasteiger partial charge on any atom is -0.387 e. The predicted octanol–water partition coefficient (Wildman–Crippen LogP) is 1.42. The van der Waals surface area contributed by atoms with E-state index < -0.39 is 6.10 Å². The Morgan fingerprint density at radius 1 is 1.53 bits per heavy atom. The number of likely N-dealkylation sites (N-methyl/N-ethyl adjacent to an activating group) is 1. The van der Waals surface area contributed by atoms with E-state index in [9.17, 15) is 9.50 Å². The normalized spacial score (nSPS) is 12.5. The molecule has 1 aromatic rings. The maximum Gasteiger partial charge on any atom is 0.129 e. The van der Waals surface area contributed by atoms with Crippen molar-refractivity contribution in [3.8, 4) is 12.3 Å². The lowest BCUT2D eigenvalue weighted by Gasteiger charge is -2.18. The lowest BCUT2D eigenvalue weighted by molar-refractivity contribution is 0.129. The molecule has 1 atom stereocenters. The van der Waals surface area contributed by atoms with Crippen molar-refractivity contribution in [3.63, 3.8) is 0 Å². The standard InChI is InChI=1S/C12H14FNO/c1-3-8-14(2)9-12(15)10-6-4-5-7-11(10)13/h1,4-7,12,15H,8-9H2,2H3/t12-/m0/s1. The van der Waals surface area contributed by atoms with Crippen LogP contribution in [0, 0.1) is 18.2 Å². The van der Waals surface area contributed by atoms with E-state index >= 15 is 0 Å². The van der Waals surface area contributed by atoms with Crippen molar-refractivity contribution in [1.29, 1.82) is 0 Å². The molecule has 0 aliphatic carbocycles. The summed E-state index contributed by atoms with van der Waals surface area (Å²) in [6.07, 6.45) is 4.28. The molecule has 0 aromatic heterocycles. The number of benzene rings is 1. The maximum atomic E-state index is 13.3. The fraction of sp³-hybridized carbons (Fsp3) is 0.333. The highest BCUT2D eigenvalue weighted by molar-refractivity contribution is 5.20. The summed E-state index contributed by atoms with van der Waals surface area (Å²) in [7, 11) is 1.78. The molecule has 0 amide bonds. The highest BCUT2D eigenvalue weighted by Crippen LogP contribution is 2.16. The third-order valence-corrected chi connectivity index (χ3v) is 2.11. The molecule has 0 aliphatic rings. The molecule has 0 bridgehead atoms. The summed E-state index contributed by atoms with van der Waals surface area (Å²) in [5.74, 6) is 2.07. The summed E-state index contributed by atoms with van der Waals surface area (Å²) in [4.78, 5) is 1.76. The molecule has 80 valence electrons. The zero-order chi connectivity index (χ0) is 11.3. The number of aliphatic hydroxyl groups is 1. The Labute approximate surface area is 89.3 Å². The molecule has 1 N–H and O–H groups in total. The van der Waals surface area contributed by atoms with Gasteiger partial charge in [0.05, 0.1) is 12.6 Å². The van der Waals surface area contributed by atoms with E-state index in [0.717, 1.165) is 0 Å². The monoisotopic (exact) mass is 207 g/mol. The Morgan fingerprint density at radius 3 is 2.80 bits per heavy atom. The Kier molecular flexibility index (Phi) is 4.29. The zero-order valence-electron chi connectivity index (χ0n) is 8.65. The first-order valence-electron chi connectivity index (χ1n) is 4.69. The van der Waals surface area contributed by atoms with Crippen molar-refractivity contribution in [3.05, 3.63) is 35.6 Å². The van der Waals surface area contributed by atoms with Crippen molar-refractivity contribution in [1.82, 2.24) is 4.90 Å². The maximum absolute atomic E-state index is 13.3. The summed E-state index contributed by atoms with van der Waals surface area (Å²) in [5.41, 5.74) is 0.307. The molecule has 0 fully saturated rings. The van der Waals surface area contributed by atoms with Crippen LogP contribution in [0.4, 0.5) is 4.39 Å². The molecule has 15 heavy (non-hydrogen) atoms. The second kappa shape index (κ2) is 5.50. The minimum atomic E-state index is -0.843. The molecule has 0 spiro atoms. The van der Waals surface area contributed by atoms with Gasteiger partial charge >= 0.3 is 0 Å². The Bertz CT molecular complexity index is 359. The second-order valence-corrected chi connectivity index (χ2v) is 3.44. The summed E-state index contributed by atoms with van der Waals surface area (Å²) < 4.78 is 13.3. The molecule has 0 saturated heterocycles. The summed E-state index contributed by atoms with van der Waals surface area (Å²) in [6, 6.07) is 6.20. The van der Waals surface area contributed by atoms with Gasteiger partial charge in [-0.25, -0.2) is 4.39 Å². The lowest BCUT2D eigenvalue weighted by atomic mass is 10.1. The number of terminal acetylenes is 1. The lowest BCUT2D eigenvalue weighted by Crippen LogP contribution is -2.25. The van der Waals surface area contributed by atoms with Crippen LogP contribution in [0.2, 0.25) is 0 Å². The fourth-order valence-electron chi connectivity index (χ4n) is 1.36. The zero-order valence-corrected chi connectivity index (χ0v) is 8.65. The molecule has 0 saturated carbocycles. The van der Waals surface area contributed by atoms with Crippen LogP contribution in [0.1, 0.15) is 11.7 Å². The molecular formula is C12H14FNO. The third-order valence-electron chi connectivity index (χ3n) is 2.11. The molecule has 1 aromatic carbocycles. The topological polar surface area (TPSA) is 23.5 Å². The molecular weight excluding hydrogens is 193 g/mol. The third kappa shape index (κ3) is 3.35. The fourth-order valence-corrected chi connectivity index (χ4v) is 1.36. The van der Waals surface area contributed by atoms with Crippen LogP contribution in [-0.2, 0) is 0 Å². The Balaban J connectivity index is 2.66. The highest BCUT2D eigenvalue weighted by atomic mass is 19.1. The molecule has 0 unspecified atom stereocenters. The molecule has 2 nitrogen and oxygen atoms in total. The van der Waals surface area contributed by atoms with Gasteiger partial charge in [0.15, 0.2) is 0 Å². The van der Waals surface area contributed by atoms with Gasteiger partial charge in [-0.1, -0.05) is 24.1 Å². The Morgan fingerprint density at radius 2 is 2.20 bits per heavy atom. The molecule has 0 aliphatic heterocycles. The first-order valence-corrected chi connectivity index (χ1v) is 4.69. The number of rotatable bonds is 4. The van der Waals surface area contributed by atoms with Gasteiger partial charge in [0.25, 0.3) is 0 Å². The summed E-state index contributed by atoms with van der Waals surface area (Å²) in [6.45, 7) is 0.761. The molecule has 3 heteroatoms. The van der Waals surface area contributed by atoms with Crippen LogP contribution >= 0.6 is 0 Å². The van der Waals surface area contributed by atoms with Gasteiger partial charge in [-0.15, -0.1) is 6.42 Å². The van der Waals surface area contributed by atoms with Gasteiger partial charge in [-0.05, 0) is 13.1 Å². The number of hydrogen-bond donors (Lipinski definition) is 1. The number of nitrogens with zero attached hydrogens (tertiary/aromatic N) is 1. The van der Waals surface area contributed by atoms with E-state index in [0.29, 0.717) is 18.7 Å². The van der Waals surface area contributed by atoms with Crippen molar-refractivity contribution < 1.29 is 9.50 Å². The second-order valence-electron chi connectivity index (χ2n) is 3.44. The van der Waals surface area contributed by atoms with E-state index in [1.807, 2.05) is 0 Å². The van der Waals surface area contributed by atoms with Crippen LogP contribution in [0.5, 0.6) is 0 Å². The highest BCUT2D eigenvalue weighted by Gasteiger charge is 2.13. The van der Waals surface area contributed by atoms with Crippen LogP contribution in [0.25, 0.3) is 0 Å². The van der Waals surface area contributed by atoms with Gasteiger partial charge in [0.2, 0.25) is 0 Å². The van der Waals surface area contributed by atoms with Gasteiger partial charge in [0, 0.05) is 12.1 Å². The SMILES string of the molecule is C#CCN(C)C[C@H](O)c1ccccc1F. The largest absolute Gasteiger partial charge is 0.387 e. The van der Waals surface area contributed by atoms with E-state index in [1.165, 1.54) is 6.07 Å². The average Bonchev–Trinajstić information content (AvgIpc) is 2.18. The molecule has 0 heterocycles. The number of halogens is 1. The smallest absolute Gasteiger partial charge is 0.129 e. The van der Waals surface area contributed by atoms with Crippen molar-refractivity contribution in [2.24, 2.45) is 0 Å². The van der Waals surface area contributed by atoms with E-state index in [1.54, 1.807) is 30.1 Å². The van der Waals surface area contributed by atoms with Crippen LogP contribution in [0.3, 0.4) is 0 Å². The number of aliphatic hydroxyl groups excluding tert-OH is 1. The van der Waals surface area contributed by atoms with E-state index in [4.69, 9.17) is 6.42 Å². The minimum absolute atomic E-state index is 0.307. The summed E-state index contributed by atoms with van der Waals surface area (Å²) >= 11 is 0. The summed E-state index contributed by atoms with van der Waals surface area (Å²) in [5, 5.41) is 9.75. The van der Waals surface area contributed by atoms with Crippen LogP contribution in [-0.4, -0.2) is 30.1 Å². The van der Waals surface area contributed by atoms with E-state index in [-0.39, 0.29) is 5.82 Å². The van der Waals surface area contributed by atoms with Crippen molar-refractivity contribution in [2.45, 2.75) is 6.10 Å². The van der Waals surface area contributed by atoms with Gasteiger partial charge in [-0.3, -0.25) is 4.90 Å². The van der Waals surface area contributed by atoms with E-state index in [2.05, 4.69) is 5.92 Å². The molecule has 0 radical (unpaired) electrons. The number of hydrogen-bond acceptors (Lipinski definition) is 2. The van der Waals surface area contributed by atoms with Crippen molar-refractivity contribution in [2.75, 3.05) is 20.1 Å². The van der Waals surface area contributed by atoms with Crippen LogP contribution < -0.4 is 0 Å². The van der Waals surface area contributed by atoms with Gasteiger partial charge in [0.1, 0.15) is 5.82 Å². The van der Waals surface area contributed by atoms with Crippen LogP contribution in [0.15, 0.2) is 24.3 Å².